The Bertz CT molecular complexity index is 183. The van der Waals surface area contributed by atoms with Crippen molar-refractivity contribution >= 4 is 5.97 Å². The lowest BCUT2D eigenvalue weighted by molar-refractivity contribution is -0.140. The van der Waals surface area contributed by atoms with Gasteiger partial charge in [0.05, 0.1) is 0 Å². The third kappa shape index (κ3) is 1.80. The van der Waals surface area contributed by atoms with E-state index in [2.05, 4.69) is 5.32 Å². The molecule has 0 atom stereocenters. The Balaban J connectivity index is 2.30. The van der Waals surface area contributed by atoms with Gasteiger partial charge in [-0.15, -0.1) is 0 Å². The highest BCUT2D eigenvalue weighted by molar-refractivity contribution is 5.82. The predicted octanol–water partition coefficient (Wildman–Crippen LogP) is 0.769. The summed E-state index contributed by atoms with van der Waals surface area (Å²) in [5.74, 6) is -0.720. The van der Waals surface area contributed by atoms with Gasteiger partial charge in [-0.25, -0.2) is 0 Å². The average Bonchev–Trinajstić information content (AvgIpc) is 2.70. The van der Waals surface area contributed by atoms with Gasteiger partial charge in [0.2, 0.25) is 0 Å². The van der Waals surface area contributed by atoms with E-state index in [9.17, 15) is 4.79 Å². The normalized spacial score (nSPS) is 20.5. The fourth-order valence-corrected chi connectivity index (χ4v) is 0.963. The van der Waals surface area contributed by atoms with Gasteiger partial charge >= 0.3 is 5.97 Å². The second kappa shape index (κ2) is 3.05. The highest BCUT2D eigenvalue weighted by Crippen LogP contribution is 2.35. The number of aliphatic carboxylic acids is 1. The molecule has 2 N–H and O–H groups in total. The Morgan fingerprint density at radius 3 is 2.73 bits per heavy atom. The van der Waals surface area contributed by atoms with Crippen LogP contribution in [-0.4, -0.2) is 23.2 Å². The Labute approximate surface area is 66.1 Å². The fraction of sp³-hybridized carbons (Fsp3) is 0.625. The zero-order valence-electron chi connectivity index (χ0n) is 6.63. The van der Waals surface area contributed by atoms with E-state index in [0.717, 1.165) is 12.8 Å². The summed E-state index contributed by atoms with van der Waals surface area (Å²) in [4.78, 5) is 10.6. The van der Waals surface area contributed by atoms with Crippen LogP contribution in [0.1, 0.15) is 19.8 Å². The number of nitrogens with one attached hydrogen (secondary N) is 1. The Kier molecular flexibility index (Phi) is 2.29. The number of hydrogen-bond donors (Lipinski definition) is 2. The highest BCUT2D eigenvalue weighted by Gasteiger charge is 2.49. The van der Waals surface area contributed by atoms with Gasteiger partial charge in [0, 0.05) is 6.54 Å². The molecule has 0 saturated heterocycles. The lowest BCUT2D eigenvalue weighted by Gasteiger charge is -2.08. The molecule has 1 saturated carbocycles. The number of carbonyl (C=O) groups is 1. The van der Waals surface area contributed by atoms with Gasteiger partial charge in [-0.3, -0.25) is 10.1 Å². The van der Waals surface area contributed by atoms with Crippen LogP contribution in [-0.2, 0) is 4.79 Å². The topological polar surface area (TPSA) is 49.3 Å². The summed E-state index contributed by atoms with van der Waals surface area (Å²) >= 11 is 0. The zero-order chi connectivity index (χ0) is 8.32. The van der Waals surface area contributed by atoms with E-state index in [1.807, 2.05) is 19.1 Å². The predicted molar refractivity (Wildman–Crippen MR) is 42.4 cm³/mol. The molecule has 0 aromatic carbocycles. The van der Waals surface area contributed by atoms with E-state index in [4.69, 9.17) is 5.11 Å². The number of hydrogen-bond acceptors (Lipinski definition) is 2. The summed E-state index contributed by atoms with van der Waals surface area (Å²) in [6.45, 7) is 2.57. The quantitative estimate of drug-likeness (QED) is 0.589. The summed E-state index contributed by atoms with van der Waals surface area (Å²) in [7, 11) is 0. The summed E-state index contributed by atoms with van der Waals surface area (Å²) in [5, 5.41) is 11.7. The summed E-state index contributed by atoms with van der Waals surface area (Å²) < 4.78 is 0. The molecule has 0 amide bonds. The first-order chi connectivity index (χ1) is 5.21. The average molecular weight is 155 g/mol. The maximum atomic E-state index is 10.6. The molecule has 0 radical (unpaired) electrons. The lowest BCUT2D eigenvalue weighted by Crippen LogP contribution is -2.39. The van der Waals surface area contributed by atoms with Crippen molar-refractivity contribution in [2.24, 2.45) is 0 Å². The smallest absolute Gasteiger partial charge is 0.323 e. The van der Waals surface area contributed by atoms with Crippen molar-refractivity contribution in [2.45, 2.75) is 25.3 Å². The van der Waals surface area contributed by atoms with Gasteiger partial charge in [0.15, 0.2) is 0 Å². The van der Waals surface area contributed by atoms with Crippen LogP contribution in [0.3, 0.4) is 0 Å². The number of allylic oxidation sites excluding steroid dienone is 1. The first kappa shape index (κ1) is 8.27. The van der Waals surface area contributed by atoms with Crippen LogP contribution in [0.15, 0.2) is 12.2 Å². The van der Waals surface area contributed by atoms with Crippen LogP contribution in [0.4, 0.5) is 0 Å². The Morgan fingerprint density at radius 1 is 1.73 bits per heavy atom. The van der Waals surface area contributed by atoms with Crippen molar-refractivity contribution in [2.75, 3.05) is 6.54 Å². The van der Waals surface area contributed by atoms with Gasteiger partial charge in [-0.05, 0) is 19.8 Å². The molecule has 0 spiro atoms. The second-order valence-electron chi connectivity index (χ2n) is 2.84. The van der Waals surface area contributed by atoms with Gasteiger partial charge in [0.25, 0.3) is 0 Å². The molecule has 0 bridgehead atoms. The molecule has 11 heavy (non-hydrogen) atoms. The summed E-state index contributed by atoms with van der Waals surface area (Å²) in [6, 6.07) is 0. The van der Waals surface area contributed by atoms with Crippen LogP contribution in [0.25, 0.3) is 0 Å². The van der Waals surface area contributed by atoms with Crippen molar-refractivity contribution in [1.82, 2.24) is 5.32 Å². The van der Waals surface area contributed by atoms with Gasteiger partial charge in [0.1, 0.15) is 5.54 Å². The minimum absolute atomic E-state index is 0.584. The fourth-order valence-electron chi connectivity index (χ4n) is 0.963. The molecule has 0 unspecified atom stereocenters. The molecule has 1 aliphatic rings. The minimum Gasteiger partial charge on any atom is -0.480 e. The Hall–Kier alpha value is -0.830. The van der Waals surface area contributed by atoms with E-state index in [0.29, 0.717) is 6.54 Å². The third-order valence-corrected chi connectivity index (χ3v) is 1.95. The molecule has 62 valence electrons. The lowest BCUT2D eigenvalue weighted by atomic mass is 10.3. The van der Waals surface area contributed by atoms with E-state index >= 15 is 0 Å². The molecule has 0 heterocycles. The van der Waals surface area contributed by atoms with E-state index in [1.54, 1.807) is 0 Å². The van der Waals surface area contributed by atoms with Crippen molar-refractivity contribution in [1.29, 1.82) is 0 Å². The van der Waals surface area contributed by atoms with Gasteiger partial charge in [-0.1, -0.05) is 12.2 Å². The van der Waals surface area contributed by atoms with Crippen molar-refractivity contribution in [3.8, 4) is 0 Å². The number of carboxylic acids is 1. The largest absolute Gasteiger partial charge is 0.480 e. The maximum Gasteiger partial charge on any atom is 0.323 e. The molecular weight excluding hydrogens is 142 g/mol. The van der Waals surface area contributed by atoms with Crippen LogP contribution in [0.5, 0.6) is 0 Å². The molecule has 0 aliphatic heterocycles. The standard InChI is InChI=1S/C8H13NO2/c1-2-3-6-9-8(4-5-8)7(10)11/h2-3,9H,4-6H2,1H3,(H,10,11)/b3-2-. The zero-order valence-corrected chi connectivity index (χ0v) is 6.63. The van der Waals surface area contributed by atoms with E-state index in [-0.39, 0.29) is 0 Å². The van der Waals surface area contributed by atoms with Gasteiger partial charge < -0.3 is 5.11 Å². The molecule has 1 rings (SSSR count). The SMILES string of the molecule is C/C=C\CNC1(C(=O)O)CC1. The van der Waals surface area contributed by atoms with Gasteiger partial charge in [-0.2, -0.15) is 0 Å². The molecular formula is C8H13NO2. The van der Waals surface area contributed by atoms with Crippen LogP contribution >= 0.6 is 0 Å². The summed E-state index contributed by atoms with van der Waals surface area (Å²) in [6.07, 6.45) is 5.35. The molecule has 3 heteroatoms. The molecule has 1 aliphatic carbocycles. The van der Waals surface area contributed by atoms with Crippen LogP contribution in [0, 0.1) is 0 Å². The monoisotopic (exact) mass is 155 g/mol. The molecule has 0 aromatic heterocycles. The first-order valence-electron chi connectivity index (χ1n) is 3.81. The van der Waals surface area contributed by atoms with Crippen LogP contribution in [0.2, 0.25) is 0 Å². The van der Waals surface area contributed by atoms with Crippen molar-refractivity contribution < 1.29 is 9.90 Å². The second-order valence-corrected chi connectivity index (χ2v) is 2.84. The number of rotatable bonds is 4. The summed E-state index contributed by atoms with van der Waals surface area (Å²) in [5.41, 5.74) is -0.584. The van der Waals surface area contributed by atoms with E-state index < -0.39 is 11.5 Å². The Morgan fingerprint density at radius 2 is 2.36 bits per heavy atom. The molecule has 3 nitrogen and oxygen atoms in total. The first-order valence-corrected chi connectivity index (χ1v) is 3.81. The molecule has 1 fully saturated rings. The van der Waals surface area contributed by atoms with Crippen LogP contribution < -0.4 is 5.32 Å². The van der Waals surface area contributed by atoms with E-state index in [1.165, 1.54) is 0 Å². The minimum atomic E-state index is -0.720. The highest BCUT2D eigenvalue weighted by atomic mass is 16.4. The van der Waals surface area contributed by atoms with Crippen molar-refractivity contribution in [3.63, 3.8) is 0 Å². The maximum absolute atomic E-state index is 10.6. The van der Waals surface area contributed by atoms with Crippen molar-refractivity contribution in [3.05, 3.63) is 12.2 Å². The third-order valence-electron chi connectivity index (χ3n) is 1.95. The molecule has 0 aromatic rings. The number of carboxylic acid groups (broad SMARTS) is 1.